The van der Waals surface area contributed by atoms with Crippen LogP contribution in [0.3, 0.4) is 0 Å². The molecule has 0 aromatic carbocycles. The lowest BCUT2D eigenvalue weighted by Crippen LogP contribution is -2.23. The Kier molecular flexibility index (Phi) is 4.21. The third kappa shape index (κ3) is 2.99. The van der Waals surface area contributed by atoms with Crippen molar-refractivity contribution in [2.75, 3.05) is 25.1 Å². The average Bonchev–Trinajstić information content (AvgIpc) is 3.41. The molecule has 1 saturated heterocycles. The summed E-state index contributed by atoms with van der Waals surface area (Å²) in [6.45, 7) is 1.81. The van der Waals surface area contributed by atoms with E-state index in [4.69, 9.17) is 4.74 Å². The van der Waals surface area contributed by atoms with Gasteiger partial charge in [-0.2, -0.15) is 5.10 Å². The Balaban J connectivity index is 1.54. The third-order valence-electron chi connectivity index (χ3n) is 5.23. The SMILES string of the molecule is COC1CCN(c2cc(-c3n[nH]c4cnc(-c5cccnc5)cc34)ccn2)C1. The van der Waals surface area contributed by atoms with E-state index in [2.05, 4.69) is 42.2 Å². The van der Waals surface area contributed by atoms with Crippen molar-refractivity contribution in [3.05, 3.63) is 55.1 Å². The molecule has 1 N–H and O–H groups in total. The fourth-order valence-corrected chi connectivity index (χ4v) is 3.68. The van der Waals surface area contributed by atoms with Crippen LogP contribution in [0.1, 0.15) is 6.42 Å². The van der Waals surface area contributed by atoms with E-state index >= 15 is 0 Å². The van der Waals surface area contributed by atoms with Crippen molar-refractivity contribution in [1.82, 2.24) is 25.1 Å². The Morgan fingerprint density at radius 2 is 2.07 bits per heavy atom. The van der Waals surface area contributed by atoms with Gasteiger partial charge in [0.2, 0.25) is 0 Å². The van der Waals surface area contributed by atoms with Crippen LogP contribution in [0.5, 0.6) is 0 Å². The number of pyridine rings is 3. The lowest BCUT2D eigenvalue weighted by Gasteiger charge is -2.17. The largest absolute Gasteiger partial charge is 0.380 e. The number of aromatic nitrogens is 5. The van der Waals surface area contributed by atoms with Crippen LogP contribution in [0, 0.1) is 0 Å². The smallest absolute Gasteiger partial charge is 0.129 e. The number of aromatic amines is 1. The van der Waals surface area contributed by atoms with Crippen molar-refractivity contribution < 1.29 is 4.74 Å². The summed E-state index contributed by atoms with van der Waals surface area (Å²) in [5, 5.41) is 8.67. The summed E-state index contributed by atoms with van der Waals surface area (Å²) in [7, 11) is 1.77. The van der Waals surface area contributed by atoms with Crippen molar-refractivity contribution in [3.8, 4) is 22.5 Å². The van der Waals surface area contributed by atoms with E-state index in [1.807, 2.05) is 36.8 Å². The second kappa shape index (κ2) is 7.01. The third-order valence-corrected chi connectivity index (χ3v) is 5.23. The molecular formula is C21H20N6O. The Hall–Kier alpha value is -3.32. The van der Waals surface area contributed by atoms with Crippen LogP contribution >= 0.6 is 0 Å². The summed E-state index contributed by atoms with van der Waals surface area (Å²) in [4.78, 5) is 15.5. The normalized spacial score (nSPS) is 16.8. The molecule has 1 atom stereocenters. The molecule has 1 aliphatic rings. The zero-order chi connectivity index (χ0) is 18.9. The molecule has 1 unspecified atom stereocenters. The maximum absolute atomic E-state index is 5.48. The lowest BCUT2D eigenvalue weighted by atomic mass is 10.1. The van der Waals surface area contributed by atoms with E-state index in [9.17, 15) is 0 Å². The van der Waals surface area contributed by atoms with Crippen LogP contribution in [0.2, 0.25) is 0 Å². The van der Waals surface area contributed by atoms with Crippen LogP contribution in [0.4, 0.5) is 5.82 Å². The molecule has 0 aliphatic carbocycles. The van der Waals surface area contributed by atoms with Gasteiger partial charge in [0.15, 0.2) is 0 Å². The highest BCUT2D eigenvalue weighted by Gasteiger charge is 2.23. The summed E-state index contributed by atoms with van der Waals surface area (Å²) >= 11 is 0. The maximum Gasteiger partial charge on any atom is 0.129 e. The number of nitrogens with one attached hydrogen (secondary N) is 1. The molecular weight excluding hydrogens is 352 g/mol. The lowest BCUT2D eigenvalue weighted by molar-refractivity contribution is 0.121. The second-order valence-corrected chi connectivity index (χ2v) is 6.92. The summed E-state index contributed by atoms with van der Waals surface area (Å²) < 4.78 is 5.48. The van der Waals surface area contributed by atoms with Crippen LogP contribution in [0.25, 0.3) is 33.4 Å². The molecule has 5 heterocycles. The first kappa shape index (κ1) is 16.8. The highest BCUT2D eigenvalue weighted by atomic mass is 16.5. The van der Waals surface area contributed by atoms with E-state index < -0.39 is 0 Å². The number of nitrogens with zero attached hydrogens (tertiary/aromatic N) is 5. The molecule has 140 valence electrons. The number of methoxy groups -OCH3 is 1. The maximum atomic E-state index is 5.48. The quantitative estimate of drug-likeness (QED) is 0.592. The van der Waals surface area contributed by atoms with Crippen LogP contribution in [-0.4, -0.2) is 51.5 Å². The van der Waals surface area contributed by atoms with E-state index in [0.29, 0.717) is 0 Å². The molecule has 7 nitrogen and oxygen atoms in total. The molecule has 7 heteroatoms. The fourth-order valence-electron chi connectivity index (χ4n) is 3.68. The highest BCUT2D eigenvalue weighted by Crippen LogP contribution is 2.31. The number of hydrogen-bond acceptors (Lipinski definition) is 6. The number of rotatable bonds is 4. The topological polar surface area (TPSA) is 79.8 Å². The second-order valence-electron chi connectivity index (χ2n) is 6.92. The molecule has 0 amide bonds. The van der Waals surface area contributed by atoms with E-state index in [1.165, 1.54) is 0 Å². The summed E-state index contributed by atoms with van der Waals surface area (Å²) in [5.41, 5.74) is 4.69. The van der Waals surface area contributed by atoms with Crippen molar-refractivity contribution in [2.45, 2.75) is 12.5 Å². The summed E-state index contributed by atoms with van der Waals surface area (Å²) in [5.74, 6) is 0.953. The van der Waals surface area contributed by atoms with Crippen LogP contribution in [-0.2, 0) is 4.74 Å². The first-order chi connectivity index (χ1) is 13.8. The predicted octanol–water partition coefficient (Wildman–Crippen LogP) is 3.31. The van der Waals surface area contributed by atoms with Gasteiger partial charge in [-0.3, -0.25) is 15.1 Å². The fraction of sp³-hybridized carbons (Fsp3) is 0.238. The monoisotopic (exact) mass is 372 g/mol. The van der Waals surface area contributed by atoms with Gasteiger partial charge in [-0.05, 0) is 36.8 Å². The van der Waals surface area contributed by atoms with Gasteiger partial charge in [0.25, 0.3) is 0 Å². The first-order valence-corrected chi connectivity index (χ1v) is 9.30. The van der Waals surface area contributed by atoms with Crippen LogP contribution < -0.4 is 4.90 Å². The van der Waals surface area contributed by atoms with Gasteiger partial charge >= 0.3 is 0 Å². The zero-order valence-corrected chi connectivity index (χ0v) is 15.5. The number of hydrogen-bond donors (Lipinski definition) is 1. The Labute approximate surface area is 162 Å². The van der Waals surface area contributed by atoms with Gasteiger partial charge in [0.1, 0.15) is 11.5 Å². The van der Waals surface area contributed by atoms with Gasteiger partial charge in [-0.1, -0.05) is 0 Å². The molecule has 0 bridgehead atoms. The molecule has 0 spiro atoms. The highest BCUT2D eigenvalue weighted by molar-refractivity contribution is 5.94. The van der Waals surface area contributed by atoms with Gasteiger partial charge in [0.05, 0.1) is 23.5 Å². The molecule has 1 fully saturated rings. The minimum absolute atomic E-state index is 0.268. The van der Waals surface area contributed by atoms with Gasteiger partial charge < -0.3 is 9.64 Å². The number of ether oxygens (including phenoxy) is 1. The Morgan fingerprint density at radius 1 is 1.11 bits per heavy atom. The van der Waals surface area contributed by atoms with Crippen LogP contribution in [0.15, 0.2) is 55.1 Å². The predicted molar refractivity (Wildman–Crippen MR) is 108 cm³/mol. The van der Waals surface area contributed by atoms with Gasteiger partial charge in [-0.15, -0.1) is 0 Å². The summed E-state index contributed by atoms with van der Waals surface area (Å²) in [6.07, 6.45) is 8.53. The van der Waals surface area contributed by atoms with Crippen molar-refractivity contribution >= 4 is 16.7 Å². The van der Waals surface area contributed by atoms with Crippen molar-refractivity contribution in [3.63, 3.8) is 0 Å². The van der Waals surface area contributed by atoms with E-state index in [-0.39, 0.29) is 6.10 Å². The standard InChI is InChI=1S/C21H20N6O/c1-28-16-5-8-27(13-16)20-9-14(4-7-23-20)21-17-10-18(15-3-2-6-22-11-15)24-12-19(17)25-26-21/h2-4,6-7,9-12,16H,5,8,13H2,1H3,(H,25,26). The number of H-pyrrole nitrogens is 1. The van der Waals surface area contributed by atoms with Gasteiger partial charge in [-0.25, -0.2) is 4.98 Å². The Morgan fingerprint density at radius 3 is 2.89 bits per heavy atom. The molecule has 4 aromatic heterocycles. The number of fused-ring (bicyclic) bond motifs is 1. The van der Waals surface area contributed by atoms with E-state index in [1.54, 1.807) is 13.3 Å². The zero-order valence-electron chi connectivity index (χ0n) is 15.5. The van der Waals surface area contributed by atoms with E-state index in [0.717, 1.165) is 58.7 Å². The molecule has 0 saturated carbocycles. The van der Waals surface area contributed by atoms with Gasteiger partial charge in [0, 0.05) is 55.3 Å². The van der Waals surface area contributed by atoms with Crippen molar-refractivity contribution in [1.29, 1.82) is 0 Å². The summed E-state index contributed by atoms with van der Waals surface area (Å²) in [6, 6.07) is 10.1. The molecule has 28 heavy (non-hydrogen) atoms. The molecule has 0 radical (unpaired) electrons. The first-order valence-electron chi connectivity index (χ1n) is 9.30. The Bertz CT molecular complexity index is 1110. The minimum Gasteiger partial charge on any atom is -0.380 e. The molecule has 4 aromatic rings. The van der Waals surface area contributed by atoms with Crippen molar-refractivity contribution in [2.24, 2.45) is 0 Å². The molecule has 5 rings (SSSR count). The molecule has 1 aliphatic heterocycles. The average molecular weight is 372 g/mol. The minimum atomic E-state index is 0.268. The number of anilines is 1.